The van der Waals surface area contributed by atoms with Gasteiger partial charge in [-0.3, -0.25) is 6.08 Å². The van der Waals surface area contributed by atoms with E-state index < -0.39 is 23.5 Å². The first-order chi connectivity index (χ1) is 20.7. The minimum atomic E-state index is -4.33. The van der Waals surface area contributed by atoms with Crippen molar-refractivity contribution < 1.29 is 60.8 Å². The Hall–Kier alpha value is -3.71. The number of benzene rings is 4. The number of allylic oxidation sites excluding steroid dienone is 4. The van der Waals surface area contributed by atoms with Crippen molar-refractivity contribution in [2.24, 2.45) is 0 Å². The minimum Gasteiger partial charge on any atom is -0.508 e. The number of fused-ring (bicyclic) bond motifs is 3. The van der Waals surface area contributed by atoms with E-state index >= 15 is 0 Å². The molecule has 6 rings (SSSR count). The van der Waals surface area contributed by atoms with Crippen LogP contribution in [0.25, 0.3) is 11.1 Å². The van der Waals surface area contributed by atoms with Gasteiger partial charge in [-0.2, -0.15) is 62.2 Å². The molecule has 9 heteroatoms. The van der Waals surface area contributed by atoms with E-state index in [1.807, 2.05) is 18.2 Å². The first-order valence-electron chi connectivity index (χ1n) is 13.2. The average molecular weight is 688 g/mol. The van der Waals surface area contributed by atoms with Gasteiger partial charge in [0.1, 0.15) is 11.5 Å². The Labute approximate surface area is 268 Å². The quantitative estimate of drug-likeness (QED) is 0.126. The van der Waals surface area contributed by atoms with Crippen LogP contribution in [0.5, 0.6) is 11.5 Å². The number of halogens is 6. The van der Waals surface area contributed by atoms with Gasteiger partial charge in [-0.15, -0.1) is 12.0 Å². The Kier molecular flexibility index (Phi) is 14.6. The van der Waals surface area contributed by atoms with Crippen molar-refractivity contribution in [3.05, 3.63) is 144 Å². The second kappa shape index (κ2) is 17.6. The number of phenols is 2. The summed E-state index contributed by atoms with van der Waals surface area (Å²) in [6.45, 7) is 4.25. The van der Waals surface area contributed by atoms with Gasteiger partial charge in [0.25, 0.3) is 0 Å². The van der Waals surface area contributed by atoms with E-state index in [0.717, 1.165) is 61.4 Å². The van der Waals surface area contributed by atoms with Crippen LogP contribution in [0.2, 0.25) is 0 Å². The summed E-state index contributed by atoms with van der Waals surface area (Å²) in [7, 11) is 0. The van der Waals surface area contributed by atoms with Gasteiger partial charge in [0.05, 0.1) is 11.1 Å². The van der Waals surface area contributed by atoms with Gasteiger partial charge in [0.2, 0.25) is 0 Å². The first-order valence-corrected chi connectivity index (χ1v) is 14.4. The van der Waals surface area contributed by atoms with Crippen molar-refractivity contribution in [2.75, 3.05) is 0 Å². The van der Waals surface area contributed by atoms with Crippen LogP contribution < -0.4 is 0 Å². The van der Waals surface area contributed by atoms with Crippen LogP contribution in [-0.4, -0.2) is 13.4 Å². The Balaban J connectivity index is 0.000000203. The Bertz CT molecular complexity index is 1410. The zero-order valence-corrected chi connectivity index (χ0v) is 26.4. The monoisotopic (exact) mass is 686 g/mol. The SMILES string of the molecule is C[C](C)=[Zr+2].Oc1ccc(C(F)(F)F)cc1.Oc1ccc(C(F)(F)F)cc1.[C-]1=CC=CC1.[c-]1cccc2c1Cc1ccccc1-2. The summed E-state index contributed by atoms with van der Waals surface area (Å²) >= 11 is 1.55. The molecule has 2 nitrogen and oxygen atoms in total. The van der Waals surface area contributed by atoms with Crippen molar-refractivity contribution in [2.45, 2.75) is 39.0 Å². The molecule has 0 aliphatic heterocycles. The second-order valence-electron chi connectivity index (χ2n) is 9.49. The molecule has 0 unspecified atom stereocenters. The third-order valence-electron chi connectivity index (χ3n) is 5.59. The maximum absolute atomic E-state index is 11.8. The van der Waals surface area contributed by atoms with E-state index in [1.165, 1.54) is 25.5 Å². The molecule has 4 aromatic rings. The summed E-state index contributed by atoms with van der Waals surface area (Å²) in [5, 5.41) is 17.3. The third kappa shape index (κ3) is 13.3. The minimum absolute atomic E-state index is 0.169. The molecular formula is C35H30F6O2Zr. The van der Waals surface area contributed by atoms with Crippen LogP contribution in [0.3, 0.4) is 0 Å². The number of hydrogen-bond acceptors (Lipinski definition) is 2. The Morgan fingerprint density at radius 3 is 1.59 bits per heavy atom. The molecule has 0 saturated heterocycles. The van der Waals surface area contributed by atoms with Gasteiger partial charge in [-0.1, -0.05) is 35.4 Å². The van der Waals surface area contributed by atoms with Gasteiger partial charge in [-0.25, -0.2) is 12.2 Å². The fourth-order valence-corrected chi connectivity index (χ4v) is 3.64. The number of hydrogen-bond donors (Lipinski definition) is 2. The van der Waals surface area contributed by atoms with E-state index in [2.05, 4.69) is 68.5 Å². The fraction of sp³-hybridized carbons (Fsp3) is 0.171. The van der Waals surface area contributed by atoms with Crippen LogP contribution >= 0.6 is 0 Å². The standard InChI is InChI=1S/C13H9.2C7H5F3O.C5H5.C3H6.Zr/c1-3-7-12-10(5-1)9-11-6-2-4-8-13(11)12;2*8-7(9,10)5-1-3-6(11)4-2-5;1-2-4-5-3-1;1-3-2;/h1-5,7-8H,9H2;2*1-4,11H;1-3H,4H2;1-2H3;/q-1;;;-1;;+2. The van der Waals surface area contributed by atoms with Crippen LogP contribution in [0.4, 0.5) is 26.3 Å². The predicted octanol–water partition coefficient (Wildman–Crippen LogP) is 9.93. The van der Waals surface area contributed by atoms with E-state index in [-0.39, 0.29) is 11.5 Å². The fourth-order valence-electron chi connectivity index (χ4n) is 3.64. The van der Waals surface area contributed by atoms with Crippen molar-refractivity contribution in [3.8, 4) is 22.6 Å². The maximum Gasteiger partial charge on any atom is 0.416 e. The van der Waals surface area contributed by atoms with Crippen LogP contribution in [0.15, 0.2) is 109 Å². The molecular weight excluding hydrogens is 658 g/mol. The number of phenolic OH excluding ortho intramolecular Hbond substituents is 2. The third-order valence-corrected chi connectivity index (χ3v) is 5.59. The summed E-state index contributed by atoms with van der Waals surface area (Å²) < 4.78 is 72.5. The smallest absolute Gasteiger partial charge is 0.416 e. The molecule has 0 heterocycles. The zero-order chi connectivity index (χ0) is 32.8. The normalized spacial score (nSPS) is 12.0. The summed E-state index contributed by atoms with van der Waals surface area (Å²) in [5.74, 6) is -0.337. The molecule has 0 spiro atoms. The van der Waals surface area contributed by atoms with Crippen LogP contribution in [-0.2, 0) is 43.0 Å². The summed E-state index contributed by atoms with van der Waals surface area (Å²) in [6.07, 6.45) is 2.40. The predicted molar refractivity (Wildman–Crippen MR) is 158 cm³/mol. The number of alkyl halides is 6. The van der Waals surface area contributed by atoms with E-state index in [4.69, 9.17) is 10.2 Å². The van der Waals surface area contributed by atoms with Gasteiger partial charge < -0.3 is 10.2 Å². The second-order valence-corrected chi connectivity index (χ2v) is 11.9. The van der Waals surface area contributed by atoms with Crippen LogP contribution in [0, 0.1) is 12.1 Å². The molecule has 0 bridgehead atoms. The van der Waals surface area contributed by atoms with Crippen LogP contribution in [0.1, 0.15) is 42.5 Å². The summed E-state index contributed by atoms with van der Waals surface area (Å²) in [6, 6.07) is 25.4. The maximum atomic E-state index is 11.8. The molecule has 0 aromatic heterocycles. The molecule has 44 heavy (non-hydrogen) atoms. The van der Waals surface area contributed by atoms with E-state index in [9.17, 15) is 26.3 Å². The number of rotatable bonds is 0. The van der Waals surface area contributed by atoms with E-state index in [0.29, 0.717) is 0 Å². The van der Waals surface area contributed by atoms with Gasteiger partial charge in [-0.05, 0) is 55.0 Å². The molecule has 2 N–H and O–H groups in total. The topological polar surface area (TPSA) is 40.5 Å². The summed E-state index contributed by atoms with van der Waals surface area (Å²) in [5.41, 5.74) is 4.00. The molecule has 2 aliphatic carbocycles. The summed E-state index contributed by atoms with van der Waals surface area (Å²) in [4.78, 5) is 0. The molecule has 0 saturated carbocycles. The van der Waals surface area contributed by atoms with Crippen molar-refractivity contribution >= 4 is 3.21 Å². The van der Waals surface area contributed by atoms with Crippen molar-refractivity contribution in [1.29, 1.82) is 0 Å². The first kappa shape index (κ1) is 36.5. The van der Waals surface area contributed by atoms with E-state index in [1.54, 1.807) is 24.2 Å². The molecule has 228 valence electrons. The van der Waals surface area contributed by atoms with Crippen molar-refractivity contribution in [1.82, 2.24) is 0 Å². The number of aromatic hydroxyl groups is 2. The van der Waals surface area contributed by atoms with Gasteiger partial charge in [0, 0.05) is 0 Å². The zero-order valence-electron chi connectivity index (χ0n) is 24.0. The Morgan fingerprint density at radius 2 is 1.18 bits per heavy atom. The molecule has 0 amide bonds. The molecule has 2 aliphatic rings. The molecule has 0 radical (unpaired) electrons. The van der Waals surface area contributed by atoms with Gasteiger partial charge in [0.15, 0.2) is 0 Å². The molecule has 0 fully saturated rings. The average Bonchev–Trinajstić information content (AvgIpc) is 3.65. The van der Waals surface area contributed by atoms with Gasteiger partial charge >= 0.3 is 53.6 Å². The molecule has 4 aromatic carbocycles. The Morgan fingerprint density at radius 1 is 0.705 bits per heavy atom. The van der Waals surface area contributed by atoms with Crippen molar-refractivity contribution in [3.63, 3.8) is 0 Å². The largest absolute Gasteiger partial charge is 0.508 e. The molecule has 0 atom stereocenters.